The van der Waals surface area contributed by atoms with E-state index in [0.29, 0.717) is 5.92 Å². The van der Waals surface area contributed by atoms with Crippen LogP contribution in [0.1, 0.15) is 27.2 Å². The lowest BCUT2D eigenvalue weighted by atomic mass is 9.66. The quantitative estimate of drug-likeness (QED) is 0.439. The van der Waals surface area contributed by atoms with Crippen molar-refractivity contribution in [1.29, 1.82) is 0 Å². The Morgan fingerprint density at radius 2 is 2.25 bits per heavy atom. The molecule has 0 aliphatic heterocycles. The Morgan fingerprint density at radius 3 is 2.81 bits per heavy atom. The minimum atomic E-state index is -0.0837. The van der Waals surface area contributed by atoms with Gasteiger partial charge in [0.1, 0.15) is 6.29 Å². The molecule has 1 aliphatic carbocycles. The van der Waals surface area contributed by atoms with Crippen LogP contribution < -0.4 is 5.32 Å². The van der Waals surface area contributed by atoms with Crippen molar-refractivity contribution in [1.82, 2.24) is 5.32 Å². The summed E-state index contributed by atoms with van der Waals surface area (Å²) in [7, 11) is 0. The summed E-state index contributed by atoms with van der Waals surface area (Å²) in [6.07, 6.45) is 6.19. The van der Waals surface area contributed by atoms with Crippen molar-refractivity contribution in [3.8, 4) is 0 Å². The zero-order valence-electron chi connectivity index (χ0n) is 10.6. The number of nitrogens with one attached hydrogen (secondary N) is 1. The van der Waals surface area contributed by atoms with Crippen LogP contribution in [0.5, 0.6) is 0 Å². The van der Waals surface area contributed by atoms with E-state index in [9.17, 15) is 4.79 Å². The molecule has 0 bridgehead atoms. The van der Waals surface area contributed by atoms with Crippen LogP contribution >= 0.6 is 0 Å². The van der Waals surface area contributed by atoms with E-state index in [0.717, 1.165) is 31.4 Å². The van der Waals surface area contributed by atoms with Gasteiger partial charge in [0, 0.05) is 0 Å². The summed E-state index contributed by atoms with van der Waals surface area (Å²) in [5.74, 6) is 0.311. The van der Waals surface area contributed by atoms with Gasteiger partial charge >= 0.3 is 0 Å². The first-order chi connectivity index (χ1) is 7.53. The smallest absolute Gasteiger partial charge is 0.130 e. The van der Waals surface area contributed by atoms with Crippen LogP contribution in [-0.4, -0.2) is 19.4 Å². The van der Waals surface area contributed by atoms with Gasteiger partial charge in [-0.3, -0.25) is 0 Å². The predicted octanol–water partition coefficient (Wildman–Crippen LogP) is 2.57. The summed E-state index contributed by atoms with van der Waals surface area (Å²) in [6, 6.07) is 0. The zero-order valence-corrected chi connectivity index (χ0v) is 10.6. The molecule has 0 spiro atoms. The highest BCUT2D eigenvalue weighted by Gasteiger charge is 2.34. The van der Waals surface area contributed by atoms with Gasteiger partial charge in [0.05, 0.1) is 5.92 Å². The van der Waals surface area contributed by atoms with Gasteiger partial charge < -0.3 is 10.1 Å². The van der Waals surface area contributed by atoms with Gasteiger partial charge in [0.15, 0.2) is 0 Å². The van der Waals surface area contributed by atoms with Crippen LogP contribution in [0.25, 0.3) is 0 Å². The first kappa shape index (κ1) is 13.2. The van der Waals surface area contributed by atoms with E-state index in [-0.39, 0.29) is 11.3 Å². The summed E-state index contributed by atoms with van der Waals surface area (Å²) >= 11 is 0. The molecule has 90 valence electrons. The molecule has 2 heteroatoms. The van der Waals surface area contributed by atoms with Crippen LogP contribution in [0.4, 0.5) is 0 Å². The van der Waals surface area contributed by atoms with E-state index in [1.165, 1.54) is 0 Å². The molecule has 16 heavy (non-hydrogen) atoms. The number of allylic oxidation sites excluding steroid dienone is 3. The topological polar surface area (TPSA) is 29.1 Å². The van der Waals surface area contributed by atoms with Crippen molar-refractivity contribution in [3.05, 3.63) is 24.3 Å². The molecule has 1 rings (SSSR count). The number of aldehydes is 1. The van der Waals surface area contributed by atoms with Crippen LogP contribution in [0.15, 0.2) is 24.3 Å². The van der Waals surface area contributed by atoms with E-state index in [1.807, 2.05) is 6.08 Å². The van der Waals surface area contributed by atoms with E-state index < -0.39 is 0 Å². The Bertz CT molecular complexity index is 291. The summed E-state index contributed by atoms with van der Waals surface area (Å²) in [4.78, 5) is 10.9. The highest BCUT2D eigenvalue weighted by molar-refractivity contribution is 5.63. The largest absolute Gasteiger partial charge is 0.317 e. The molecule has 1 aliphatic rings. The van der Waals surface area contributed by atoms with Crippen LogP contribution in [0, 0.1) is 17.3 Å². The van der Waals surface area contributed by atoms with Gasteiger partial charge in [0.25, 0.3) is 0 Å². The fourth-order valence-electron chi connectivity index (χ4n) is 2.41. The number of hydrogen-bond donors (Lipinski definition) is 1. The number of hydrogen-bond acceptors (Lipinski definition) is 2. The van der Waals surface area contributed by atoms with E-state index >= 15 is 0 Å². The molecular formula is C14H23NO. The second-order valence-electron chi connectivity index (χ2n) is 5.11. The summed E-state index contributed by atoms with van der Waals surface area (Å²) in [5, 5.41) is 3.33. The molecule has 0 aromatic rings. The van der Waals surface area contributed by atoms with Crippen LogP contribution in [0.3, 0.4) is 0 Å². The minimum absolute atomic E-state index is 0.0837. The van der Waals surface area contributed by atoms with Gasteiger partial charge in [-0.05, 0) is 30.8 Å². The Kier molecular flexibility index (Phi) is 4.48. The zero-order chi connectivity index (χ0) is 12.2. The lowest BCUT2D eigenvalue weighted by Crippen LogP contribution is -2.33. The third-order valence-corrected chi connectivity index (χ3v) is 3.51. The van der Waals surface area contributed by atoms with Gasteiger partial charge in [-0.1, -0.05) is 45.1 Å². The molecule has 0 radical (unpaired) electrons. The van der Waals surface area contributed by atoms with Gasteiger partial charge in [0.2, 0.25) is 0 Å². The van der Waals surface area contributed by atoms with Gasteiger partial charge in [-0.15, -0.1) is 0 Å². The van der Waals surface area contributed by atoms with E-state index in [2.05, 4.69) is 38.7 Å². The van der Waals surface area contributed by atoms with Crippen molar-refractivity contribution in [2.45, 2.75) is 27.2 Å². The molecule has 0 fully saturated rings. The predicted molar refractivity (Wildman–Crippen MR) is 68.3 cm³/mol. The Labute approximate surface area is 98.8 Å². The third-order valence-electron chi connectivity index (χ3n) is 3.51. The molecule has 0 heterocycles. The molecule has 0 amide bonds. The highest BCUT2D eigenvalue weighted by Crippen LogP contribution is 2.42. The summed E-state index contributed by atoms with van der Waals surface area (Å²) < 4.78 is 0. The first-order valence-corrected chi connectivity index (χ1v) is 6.07. The van der Waals surface area contributed by atoms with E-state index in [1.54, 1.807) is 0 Å². The SMILES string of the molecule is C=C1C(C=O)C=CC(C)(C)C1CCNCC. The molecule has 2 unspecified atom stereocenters. The molecule has 2 atom stereocenters. The normalized spacial score (nSPS) is 28.1. The third kappa shape index (κ3) is 2.82. The average molecular weight is 221 g/mol. The molecule has 0 aromatic heterocycles. The highest BCUT2D eigenvalue weighted by atomic mass is 16.1. The van der Waals surface area contributed by atoms with Crippen molar-refractivity contribution in [2.75, 3.05) is 13.1 Å². The van der Waals surface area contributed by atoms with E-state index in [4.69, 9.17) is 0 Å². The lowest BCUT2D eigenvalue weighted by Gasteiger charge is -2.38. The maximum absolute atomic E-state index is 10.9. The first-order valence-electron chi connectivity index (χ1n) is 6.07. The molecule has 2 nitrogen and oxygen atoms in total. The molecule has 1 N–H and O–H groups in total. The molecule has 0 aromatic carbocycles. The van der Waals surface area contributed by atoms with Crippen LogP contribution in [0.2, 0.25) is 0 Å². The monoisotopic (exact) mass is 221 g/mol. The minimum Gasteiger partial charge on any atom is -0.317 e. The van der Waals surface area contributed by atoms with Gasteiger partial charge in [-0.2, -0.15) is 0 Å². The maximum atomic E-state index is 10.9. The summed E-state index contributed by atoms with van der Waals surface area (Å²) in [6.45, 7) is 12.6. The Hall–Kier alpha value is -0.890. The number of rotatable bonds is 5. The Balaban J connectivity index is 2.74. The Morgan fingerprint density at radius 1 is 1.56 bits per heavy atom. The van der Waals surface area contributed by atoms with Gasteiger partial charge in [-0.25, -0.2) is 0 Å². The second kappa shape index (κ2) is 5.44. The van der Waals surface area contributed by atoms with Crippen LogP contribution in [-0.2, 0) is 4.79 Å². The maximum Gasteiger partial charge on any atom is 0.130 e. The standard InChI is InChI=1S/C14H23NO/c1-5-15-9-7-13-11(2)12(10-16)6-8-14(13,3)4/h6,8,10,12-13,15H,2,5,7,9H2,1,3-4H3. The molecule has 0 saturated carbocycles. The van der Waals surface area contributed by atoms with Crippen molar-refractivity contribution >= 4 is 6.29 Å². The van der Waals surface area contributed by atoms with Crippen molar-refractivity contribution < 1.29 is 4.79 Å². The fourth-order valence-corrected chi connectivity index (χ4v) is 2.41. The lowest BCUT2D eigenvalue weighted by molar-refractivity contribution is -0.109. The fraction of sp³-hybridized carbons (Fsp3) is 0.643. The average Bonchev–Trinajstić information content (AvgIpc) is 2.23. The molecular weight excluding hydrogens is 198 g/mol. The van der Waals surface area contributed by atoms with Crippen molar-refractivity contribution in [3.63, 3.8) is 0 Å². The number of carbonyl (C=O) groups excluding carboxylic acids is 1. The van der Waals surface area contributed by atoms with Crippen molar-refractivity contribution in [2.24, 2.45) is 17.3 Å². The molecule has 0 saturated heterocycles. The second-order valence-corrected chi connectivity index (χ2v) is 5.11. The summed E-state index contributed by atoms with van der Waals surface area (Å²) in [5.41, 5.74) is 1.19. The number of carbonyl (C=O) groups is 1.